The van der Waals surface area contributed by atoms with Crippen molar-refractivity contribution in [3.63, 3.8) is 0 Å². The van der Waals surface area contributed by atoms with Crippen molar-refractivity contribution in [3.8, 4) is 67.5 Å². The molecule has 0 radical (unpaired) electrons. The Balaban J connectivity index is 0.974. The second-order valence-electron chi connectivity index (χ2n) is 15.8. The van der Waals surface area contributed by atoms with Gasteiger partial charge in [0.1, 0.15) is 11.2 Å². The van der Waals surface area contributed by atoms with Crippen LogP contribution < -0.4 is 0 Å². The van der Waals surface area contributed by atoms with E-state index in [1.165, 1.54) is 55.6 Å². The minimum atomic E-state index is -0.422. The first-order valence-electron chi connectivity index (χ1n) is 20.4. The molecule has 0 N–H and O–H groups in total. The van der Waals surface area contributed by atoms with E-state index in [0.717, 1.165) is 49.4 Å². The van der Waals surface area contributed by atoms with Crippen LogP contribution in [0, 0.1) is 0 Å². The summed E-state index contributed by atoms with van der Waals surface area (Å²) in [6, 6.07) is 71.6. The third kappa shape index (κ3) is 4.59. The van der Waals surface area contributed by atoms with Gasteiger partial charge in [-0.2, -0.15) is 0 Å². The molecule has 60 heavy (non-hydrogen) atoms. The van der Waals surface area contributed by atoms with Crippen molar-refractivity contribution in [2.75, 3.05) is 0 Å². The van der Waals surface area contributed by atoms with Crippen molar-refractivity contribution in [1.82, 2.24) is 15.0 Å². The lowest BCUT2D eigenvalue weighted by Gasteiger charge is -2.32. The molecule has 0 unspecified atom stereocenters. The van der Waals surface area contributed by atoms with Gasteiger partial charge in [0.15, 0.2) is 17.5 Å². The average Bonchev–Trinajstić information content (AvgIpc) is 3.96. The Kier molecular flexibility index (Phi) is 6.90. The van der Waals surface area contributed by atoms with Gasteiger partial charge in [0, 0.05) is 27.5 Å². The molecule has 2 aliphatic rings. The summed E-state index contributed by atoms with van der Waals surface area (Å²) in [4.78, 5) is 15.4. The van der Waals surface area contributed by atoms with Crippen LogP contribution in [0.4, 0.5) is 0 Å². The van der Waals surface area contributed by atoms with Crippen LogP contribution in [-0.2, 0) is 5.41 Å². The third-order valence-corrected chi connectivity index (χ3v) is 12.7. The van der Waals surface area contributed by atoms with E-state index >= 15 is 0 Å². The first kappa shape index (κ1) is 33.1. The molecule has 4 heteroatoms. The zero-order valence-corrected chi connectivity index (χ0v) is 32.3. The Hall–Kier alpha value is -7.95. The fourth-order valence-corrected chi connectivity index (χ4v) is 10.3. The highest BCUT2D eigenvalue weighted by Crippen LogP contribution is 2.64. The number of hydrogen-bond donors (Lipinski definition) is 0. The van der Waals surface area contributed by atoms with Crippen LogP contribution in [0.3, 0.4) is 0 Å². The van der Waals surface area contributed by atoms with Crippen LogP contribution in [0.15, 0.2) is 205 Å². The molecule has 0 saturated carbocycles. The Morgan fingerprint density at radius 3 is 1.57 bits per heavy atom. The SMILES string of the molecule is c1ccc(-c2nc(-c3ccc4cc(-c5cccc6c5C5(c7ccccc7-c7ccccc75)c5ccccc5-6)ccc4c3)nc(-c3cccc4oc5ccccc5c34)n2)cc1. The molecule has 2 aromatic heterocycles. The minimum Gasteiger partial charge on any atom is -0.456 e. The van der Waals surface area contributed by atoms with E-state index in [1.807, 2.05) is 60.7 Å². The molecule has 2 aliphatic carbocycles. The molecule has 0 saturated heterocycles. The van der Waals surface area contributed by atoms with E-state index in [9.17, 15) is 0 Å². The highest BCUT2D eigenvalue weighted by Gasteiger charge is 2.52. The molecule has 13 rings (SSSR count). The summed E-state index contributed by atoms with van der Waals surface area (Å²) >= 11 is 0. The number of fused-ring (bicyclic) bond motifs is 14. The minimum absolute atomic E-state index is 0.422. The van der Waals surface area contributed by atoms with E-state index in [1.54, 1.807) is 0 Å². The van der Waals surface area contributed by atoms with Crippen LogP contribution in [0.25, 0.3) is 100 Å². The van der Waals surface area contributed by atoms with E-state index < -0.39 is 5.41 Å². The van der Waals surface area contributed by atoms with Gasteiger partial charge in [-0.1, -0.05) is 176 Å². The second-order valence-corrected chi connectivity index (χ2v) is 15.8. The molecule has 4 nitrogen and oxygen atoms in total. The van der Waals surface area contributed by atoms with Crippen molar-refractivity contribution in [2.24, 2.45) is 0 Å². The van der Waals surface area contributed by atoms with Gasteiger partial charge < -0.3 is 4.42 Å². The maximum absolute atomic E-state index is 6.26. The van der Waals surface area contributed by atoms with Crippen LogP contribution in [0.1, 0.15) is 22.3 Å². The first-order chi connectivity index (χ1) is 29.7. The summed E-state index contributed by atoms with van der Waals surface area (Å²) in [6.07, 6.45) is 0. The summed E-state index contributed by atoms with van der Waals surface area (Å²) in [5, 5.41) is 4.30. The molecule has 0 aliphatic heterocycles. The van der Waals surface area contributed by atoms with Gasteiger partial charge in [0.25, 0.3) is 0 Å². The Labute approximate surface area is 346 Å². The Morgan fingerprint density at radius 1 is 0.333 bits per heavy atom. The highest BCUT2D eigenvalue weighted by molar-refractivity contribution is 6.12. The van der Waals surface area contributed by atoms with E-state index in [-0.39, 0.29) is 0 Å². The predicted octanol–water partition coefficient (Wildman–Crippen LogP) is 13.9. The Bertz CT molecular complexity index is 3500. The quantitative estimate of drug-likeness (QED) is 0.179. The lowest BCUT2D eigenvalue weighted by molar-refractivity contribution is 0.669. The summed E-state index contributed by atoms with van der Waals surface area (Å²) in [7, 11) is 0. The van der Waals surface area contributed by atoms with Gasteiger partial charge in [-0.05, 0) is 90.7 Å². The maximum Gasteiger partial charge on any atom is 0.164 e. The average molecular weight is 764 g/mol. The molecule has 9 aromatic carbocycles. The summed E-state index contributed by atoms with van der Waals surface area (Å²) < 4.78 is 6.26. The highest BCUT2D eigenvalue weighted by atomic mass is 16.3. The number of benzene rings is 9. The molecule has 11 aromatic rings. The lowest BCUT2D eigenvalue weighted by atomic mass is 9.68. The van der Waals surface area contributed by atoms with Crippen molar-refractivity contribution in [1.29, 1.82) is 0 Å². The number of hydrogen-bond acceptors (Lipinski definition) is 4. The maximum atomic E-state index is 6.26. The zero-order chi connectivity index (χ0) is 39.4. The molecule has 1 spiro atoms. The van der Waals surface area contributed by atoms with Crippen molar-refractivity contribution in [3.05, 3.63) is 222 Å². The van der Waals surface area contributed by atoms with Gasteiger partial charge in [0.2, 0.25) is 0 Å². The molecular formula is C56H33N3O. The number of nitrogens with zero attached hydrogens (tertiary/aromatic N) is 3. The van der Waals surface area contributed by atoms with E-state index in [2.05, 4.69) is 140 Å². The van der Waals surface area contributed by atoms with Crippen molar-refractivity contribution >= 4 is 32.7 Å². The summed E-state index contributed by atoms with van der Waals surface area (Å²) in [5.41, 5.74) is 17.0. The van der Waals surface area contributed by atoms with Crippen LogP contribution in [0.5, 0.6) is 0 Å². The lowest BCUT2D eigenvalue weighted by Crippen LogP contribution is -2.26. The fourth-order valence-electron chi connectivity index (χ4n) is 10.3. The molecule has 278 valence electrons. The number of para-hydroxylation sites is 1. The van der Waals surface area contributed by atoms with Gasteiger partial charge in [-0.15, -0.1) is 0 Å². The van der Waals surface area contributed by atoms with Crippen molar-refractivity contribution in [2.45, 2.75) is 5.41 Å². The largest absolute Gasteiger partial charge is 0.456 e. The van der Waals surface area contributed by atoms with Crippen molar-refractivity contribution < 1.29 is 4.42 Å². The molecular weight excluding hydrogens is 731 g/mol. The van der Waals surface area contributed by atoms with E-state index in [0.29, 0.717) is 17.5 Å². The van der Waals surface area contributed by atoms with Crippen LogP contribution >= 0.6 is 0 Å². The normalized spacial score (nSPS) is 13.1. The Morgan fingerprint density at radius 2 is 0.833 bits per heavy atom. The molecule has 0 amide bonds. The zero-order valence-electron chi connectivity index (χ0n) is 32.3. The second kappa shape index (κ2) is 12.5. The smallest absolute Gasteiger partial charge is 0.164 e. The standard InChI is InChI=1S/C56H33N3O/c1-2-14-34(15-3-1)53-57-54(59-55(58-53)45-22-13-27-50-51(45)44-19-7-11-26-49(44)60-50)38-31-29-35-32-37(30-28-36(35)33-38)39-20-12-21-43-42-18-6-10-25-48(42)56(52(39)43)46-23-8-4-16-40(46)41-17-5-9-24-47(41)56/h1-33H. The number of furan rings is 1. The van der Waals surface area contributed by atoms with Gasteiger partial charge in [0.05, 0.1) is 5.41 Å². The third-order valence-electron chi connectivity index (χ3n) is 12.7. The van der Waals surface area contributed by atoms with Crippen LogP contribution in [-0.4, -0.2) is 15.0 Å². The summed E-state index contributed by atoms with van der Waals surface area (Å²) in [6.45, 7) is 0. The molecule has 2 heterocycles. The molecule has 0 bridgehead atoms. The first-order valence-corrected chi connectivity index (χ1v) is 20.4. The number of aromatic nitrogens is 3. The molecule has 0 atom stereocenters. The molecule has 0 fully saturated rings. The van der Waals surface area contributed by atoms with Gasteiger partial charge in [-0.3, -0.25) is 0 Å². The topological polar surface area (TPSA) is 51.8 Å². The van der Waals surface area contributed by atoms with Gasteiger partial charge in [-0.25, -0.2) is 15.0 Å². The van der Waals surface area contributed by atoms with E-state index in [4.69, 9.17) is 19.4 Å². The van der Waals surface area contributed by atoms with Gasteiger partial charge >= 0.3 is 0 Å². The monoisotopic (exact) mass is 763 g/mol. The van der Waals surface area contributed by atoms with Crippen LogP contribution in [0.2, 0.25) is 0 Å². The number of rotatable bonds is 4. The predicted molar refractivity (Wildman–Crippen MR) is 243 cm³/mol. The summed E-state index contributed by atoms with van der Waals surface area (Å²) in [5.74, 6) is 1.85. The fraction of sp³-hybridized carbons (Fsp3) is 0.0179.